The number of hydrogen-bond donors (Lipinski definition) is 1. The van der Waals surface area contributed by atoms with Crippen LogP contribution >= 0.6 is 22.9 Å². The van der Waals surface area contributed by atoms with Crippen molar-refractivity contribution < 1.29 is 13.9 Å². The third kappa shape index (κ3) is 4.52. The summed E-state index contributed by atoms with van der Waals surface area (Å²) in [6, 6.07) is 7.19. The molecular weight excluding hydrogens is 313 g/mol. The summed E-state index contributed by atoms with van der Waals surface area (Å²) in [5.41, 5.74) is 0.454. The molecule has 2 aromatic rings. The van der Waals surface area contributed by atoms with E-state index in [0.29, 0.717) is 12.1 Å². The van der Waals surface area contributed by atoms with Crippen molar-refractivity contribution in [3.8, 4) is 0 Å². The lowest BCUT2D eigenvalue weighted by molar-refractivity contribution is -0.145. The molecule has 1 unspecified atom stereocenters. The van der Waals surface area contributed by atoms with E-state index in [1.54, 1.807) is 24.3 Å². The number of carbonyl (C=O) groups is 1. The van der Waals surface area contributed by atoms with Crippen LogP contribution in [0.2, 0.25) is 5.02 Å². The Morgan fingerprint density at radius 1 is 1.48 bits per heavy atom. The lowest BCUT2D eigenvalue weighted by Gasteiger charge is -2.17. The van der Waals surface area contributed by atoms with Crippen molar-refractivity contribution in [1.82, 2.24) is 5.32 Å². The minimum absolute atomic E-state index is 0.247. The van der Waals surface area contributed by atoms with Gasteiger partial charge in [-0.25, -0.2) is 9.18 Å². The van der Waals surface area contributed by atoms with E-state index in [2.05, 4.69) is 5.32 Å². The van der Waals surface area contributed by atoms with Gasteiger partial charge in [0.05, 0.1) is 6.61 Å². The second-order valence-corrected chi connectivity index (χ2v) is 5.82. The van der Waals surface area contributed by atoms with Crippen LogP contribution in [0.15, 0.2) is 35.7 Å². The van der Waals surface area contributed by atoms with Gasteiger partial charge in [0.1, 0.15) is 11.9 Å². The molecular formula is C15H15ClFNO2S. The minimum atomic E-state index is -0.750. The van der Waals surface area contributed by atoms with Gasteiger partial charge in [-0.3, -0.25) is 5.32 Å². The van der Waals surface area contributed by atoms with Crippen LogP contribution in [0.25, 0.3) is 0 Å². The van der Waals surface area contributed by atoms with Crippen molar-refractivity contribution in [3.63, 3.8) is 0 Å². The Labute approximate surface area is 131 Å². The second-order valence-electron chi connectivity index (χ2n) is 4.35. The first-order valence-electron chi connectivity index (χ1n) is 6.48. The van der Waals surface area contributed by atoms with Crippen molar-refractivity contribution in [3.05, 3.63) is 57.0 Å². The Morgan fingerprint density at radius 3 is 2.90 bits per heavy atom. The first-order valence-corrected chi connectivity index (χ1v) is 7.74. The van der Waals surface area contributed by atoms with Crippen molar-refractivity contribution in [2.75, 3.05) is 6.61 Å². The lowest BCUT2D eigenvalue weighted by atomic mass is 10.1. The predicted molar refractivity (Wildman–Crippen MR) is 81.9 cm³/mol. The summed E-state index contributed by atoms with van der Waals surface area (Å²) in [5, 5.41) is 5.29. The molecule has 0 bridgehead atoms. The topological polar surface area (TPSA) is 38.3 Å². The summed E-state index contributed by atoms with van der Waals surface area (Å²) in [6.45, 7) is 2.49. The molecule has 0 amide bonds. The molecule has 0 spiro atoms. The van der Waals surface area contributed by atoms with Crippen LogP contribution in [0.5, 0.6) is 0 Å². The van der Waals surface area contributed by atoms with Crippen LogP contribution in [0, 0.1) is 5.82 Å². The third-order valence-corrected chi connectivity index (χ3v) is 3.90. The van der Waals surface area contributed by atoms with E-state index in [0.717, 1.165) is 4.88 Å². The maximum Gasteiger partial charge on any atom is 0.327 e. The highest BCUT2D eigenvalue weighted by Gasteiger charge is 2.22. The monoisotopic (exact) mass is 327 g/mol. The summed E-state index contributed by atoms with van der Waals surface area (Å²) in [4.78, 5) is 13.2. The summed E-state index contributed by atoms with van der Waals surface area (Å²) in [7, 11) is 0. The van der Waals surface area contributed by atoms with E-state index in [1.807, 2.05) is 17.5 Å². The molecule has 0 saturated carbocycles. The summed E-state index contributed by atoms with van der Waals surface area (Å²) in [5.74, 6) is -0.930. The standard InChI is InChI=1S/C15H15ClFNO2S/c1-2-20-15(19)14(18-9-13-4-3-5-21-13)10-6-11(16)8-12(17)7-10/h3-8,14,18H,2,9H2,1H3. The Kier molecular flexibility index (Phi) is 5.73. The van der Waals surface area contributed by atoms with Gasteiger partial charge in [-0.15, -0.1) is 11.3 Å². The second kappa shape index (κ2) is 7.54. The summed E-state index contributed by atoms with van der Waals surface area (Å²) >= 11 is 7.43. The van der Waals surface area contributed by atoms with Crippen LogP contribution in [-0.4, -0.2) is 12.6 Å². The van der Waals surface area contributed by atoms with Crippen LogP contribution in [0.3, 0.4) is 0 Å². The summed E-state index contributed by atoms with van der Waals surface area (Å²) < 4.78 is 18.5. The molecule has 21 heavy (non-hydrogen) atoms. The highest BCUT2D eigenvalue weighted by molar-refractivity contribution is 7.09. The van der Waals surface area contributed by atoms with E-state index < -0.39 is 17.8 Å². The number of rotatable bonds is 6. The number of esters is 1. The molecule has 0 aliphatic heterocycles. The largest absolute Gasteiger partial charge is 0.465 e. The van der Waals surface area contributed by atoms with Crippen LogP contribution < -0.4 is 5.32 Å². The zero-order valence-electron chi connectivity index (χ0n) is 11.4. The first kappa shape index (κ1) is 15.9. The zero-order chi connectivity index (χ0) is 15.2. The molecule has 1 atom stereocenters. The molecule has 0 aliphatic carbocycles. The molecule has 112 valence electrons. The average Bonchev–Trinajstić information content (AvgIpc) is 2.91. The molecule has 6 heteroatoms. The van der Waals surface area contributed by atoms with E-state index in [-0.39, 0.29) is 11.6 Å². The number of nitrogens with one attached hydrogen (secondary N) is 1. The van der Waals surface area contributed by atoms with Gasteiger partial charge in [0.15, 0.2) is 0 Å². The molecule has 1 heterocycles. The predicted octanol–water partition coefficient (Wildman–Crippen LogP) is 3.93. The van der Waals surface area contributed by atoms with Gasteiger partial charge >= 0.3 is 5.97 Å². The maximum absolute atomic E-state index is 13.5. The number of ether oxygens (including phenoxy) is 1. The number of carbonyl (C=O) groups excluding carboxylic acids is 1. The highest BCUT2D eigenvalue weighted by Crippen LogP contribution is 2.22. The highest BCUT2D eigenvalue weighted by atomic mass is 35.5. The normalized spacial score (nSPS) is 12.1. The summed E-state index contributed by atoms with van der Waals surface area (Å²) in [6.07, 6.45) is 0. The van der Waals surface area contributed by atoms with Crippen LogP contribution in [0.4, 0.5) is 4.39 Å². The number of hydrogen-bond acceptors (Lipinski definition) is 4. The van der Waals surface area contributed by atoms with Gasteiger partial charge < -0.3 is 4.74 Å². The fourth-order valence-corrected chi connectivity index (χ4v) is 2.81. The Bertz CT molecular complexity index is 583. The molecule has 1 N–H and O–H groups in total. The number of benzene rings is 1. The zero-order valence-corrected chi connectivity index (χ0v) is 13.0. The van der Waals surface area contributed by atoms with Gasteiger partial charge in [0.2, 0.25) is 0 Å². The maximum atomic E-state index is 13.5. The molecule has 3 nitrogen and oxygen atoms in total. The van der Waals surface area contributed by atoms with Crippen molar-refractivity contribution in [1.29, 1.82) is 0 Å². The quantitative estimate of drug-likeness (QED) is 0.817. The Balaban J connectivity index is 2.20. The Morgan fingerprint density at radius 2 is 2.29 bits per heavy atom. The number of halogens is 2. The van der Waals surface area contributed by atoms with Gasteiger partial charge in [-0.2, -0.15) is 0 Å². The lowest BCUT2D eigenvalue weighted by Crippen LogP contribution is -2.29. The van der Waals surface area contributed by atoms with Crippen molar-refractivity contribution in [2.45, 2.75) is 19.5 Å². The fourth-order valence-electron chi connectivity index (χ4n) is 1.92. The third-order valence-electron chi connectivity index (χ3n) is 2.80. The van der Waals surface area contributed by atoms with Crippen LogP contribution in [-0.2, 0) is 16.1 Å². The van der Waals surface area contributed by atoms with Gasteiger partial charge in [-0.1, -0.05) is 17.7 Å². The number of thiophene rings is 1. The molecule has 0 aliphatic rings. The van der Waals surface area contributed by atoms with Crippen molar-refractivity contribution in [2.24, 2.45) is 0 Å². The molecule has 0 fully saturated rings. The smallest absolute Gasteiger partial charge is 0.327 e. The Hall–Kier alpha value is -1.43. The SMILES string of the molecule is CCOC(=O)C(NCc1cccs1)c1cc(F)cc(Cl)c1. The van der Waals surface area contributed by atoms with E-state index in [4.69, 9.17) is 16.3 Å². The van der Waals surface area contributed by atoms with E-state index in [9.17, 15) is 9.18 Å². The van der Waals surface area contributed by atoms with E-state index >= 15 is 0 Å². The molecule has 1 aromatic carbocycles. The van der Waals surface area contributed by atoms with Gasteiger partial charge in [-0.05, 0) is 42.1 Å². The van der Waals surface area contributed by atoms with E-state index in [1.165, 1.54) is 12.1 Å². The average molecular weight is 328 g/mol. The molecule has 0 radical (unpaired) electrons. The first-order chi connectivity index (χ1) is 10.1. The van der Waals surface area contributed by atoms with Crippen LogP contribution in [0.1, 0.15) is 23.4 Å². The fraction of sp³-hybridized carbons (Fsp3) is 0.267. The molecule has 0 saturated heterocycles. The van der Waals surface area contributed by atoms with Crippen molar-refractivity contribution >= 4 is 28.9 Å². The minimum Gasteiger partial charge on any atom is -0.465 e. The molecule has 2 rings (SSSR count). The molecule has 1 aromatic heterocycles. The van der Waals surface area contributed by atoms with Gasteiger partial charge in [0.25, 0.3) is 0 Å². The van der Waals surface area contributed by atoms with Gasteiger partial charge in [0, 0.05) is 16.4 Å².